The second-order valence-electron chi connectivity index (χ2n) is 4.19. The van der Waals surface area contributed by atoms with E-state index in [1.807, 2.05) is 19.9 Å². The minimum atomic E-state index is -0.544. The second-order valence-corrected chi connectivity index (χ2v) is 4.19. The standard InChI is InChI=1S/C12H20N4O/c1-8-3-4-9(2)11(5-8)15-6-10(17)7-16-12(13)14/h3-5,10,15,17H,6-7H2,1-2H3,(H4,13,14,16)/p+1/t10-/m0/s1. The van der Waals surface area contributed by atoms with Crippen LogP contribution in [0.25, 0.3) is 0 Å². The number of benzene rings is 1. The van der Waals surface area contributed by atoms with Crippen LogP contribution in [0.4, 0.5) is 5.69 Å². The molecule has 1 aromatic rings. The van der Waals surface area contributed by atoms with Gasteiger partial charge in [0, 0.05) is 12.2 Å². The van der Waals surface area contributed by atoms with Crippen LogP contribution in [-0.2, 0) is 0 Å². The molecular weight excluding hydrogens is 216 g/mol. The van der Waals surface area contributed by atoms with Crippen LogP contribution in [0.2, 0.25) is 0 Å². The maximum atomic E-state index is 9.67. The monoisotopic (exact) mass is 237 g/mol. The van der Waals surface area contributed by atoms with Crippen LogP contribution in [-0.4, -0.2) is 30.3 Å². The van der Waals surface area contributed by atoms with Crippen molar-refractivity contribution >= 4 is 11.6 Å². The molecule has 0 fully saturated rings. The Kier molecular flexibility index (Phi) is 4.78. The molecule has 0 spiro atoms. The molecule has 0 unspecified atom stereocenters. The summed E-state index contributed by atoms with van der Waals surface area (Å²) in [5, 5.41) is 12.9. The van der Waals surface area contributed by atoms with Crippen molar-refractivity contribution in [3.8, 4) is 0 Å². The minimum absolute atomic E-state index is 0.121. The molecule has 0 aliphatic heterocycles. The lowest BCUT2D eigenvalue weighted by Crippen LogP contribution is -2.80. The van der Waals surface area contributed by atoms with Crippen molar-refractivity contribution in [1.29, 1.82) is 0 Å². The maximum Gasteiger partial charge on any atom is 0.338 e. The Hall–Kier alpha value is -1.75. The molecule has 17 heavy (non-hydrogen) atoms. The van der Waals surface area contributed by atoms with Crippen molar-refractivity contribution in [3.05, 3.63) is 29.3 Å². The fourth-order valence-corrected chi connectivity index (χ4v) is 1.46. The average Bonchev–Trinajstić information content (AvgIpc) is 2.27. The summed E-state index contributed by atoms with van der Waals surface area (Å²) in [5.74, 6) is 0.121. The fourth-order valence-electron chi connectivity index (χ4n) is 1.46. The van der Waals surface area contributed by atoms with Gasteiger partial charge in [0.05, 0.1) is 6.54 Å². The van der Waals surface area contributed by atoms with Crippen molar-refractivity contribution in [3.63, 3.8) is 0 Å². The molecule has 0 aromatic heterocycles. The van der Waals surface area contributed by atoms with Gasteiger partial charge < -0.3 is 10.4 Å². The molecule has 0 radical (unpaired) electrons. The van der Waals surface area contributed by atoms with Crippen LogP contribution >= 0.6 is 0 Å². The number of hydrogen-bond acceptors (Lipinski definition) is 2. The van der Waals surface area contributed by atoms with Gasteiger partial charge in [0.15, 0.2) is 0 Å². The smallest absolute Gasteiger partial charge is 0.338 e. The molecule has 1 atom stereocenters. The summed E-state index contributed by atoms with van der Waals surface area (Å²) in [7, 11) is 0. The first-order chi connectivity index (χ1) is 7.99. The van der Waals surface area contributed by atoms with E-state index in [1.165, 1.54) is 5.56 Å². The van der Waals surface area contributed by atoms with Crippen LogP contribution in [0.1, 0.15) is 11.1 Å². The minimum Gasteiger partial charge on any atom is -0.388 e. The normalized spacial score (nSPS) is 11.9. The van der Waals surface area contributed by atoms with E-state index in [0.717, 1.165) is 11.3 Å². The molecule has 5 heteroatoms. The maximum absolute atomic E-state index is 9.67. The van der Waals surface area contributed by atoms with Crippen LogP contribution < -0.4 is 21.8 Å². The van der Waals surface area contributed by atoms with E-state index in [2.05, 4.69) is 22.4 Å². The number of nitrogens with one attached hydrogen (secondary N) is 2. The number of aryl methyl sites for hydroxylation is 2. The first-order valence-electron chi connectivity index (χ1n) is 5.60. The first kappa shape index (κ1) is 13.3. The van der Waals surface area contributed by atoms with Crippen molar-refractivity contribution in [1.82, 2.24) is 0 Å². The van der Waals surface area contributed by atoms with Crippen molar-refractivity contribution in [2.24, 2.45) is 11.5 Å². The SMILES string of the molecule is Cc1ccc(C)c(NC[C@H](O)C[NH+]=C(N)N)c1. The topological polar surface area (TPSA) is 98.3 Å². The lowest BCUT2D eigenvalue weighted by atomic mass is 10.1. The molecule has 0 heterocycles. The molecule has 5 nitrogen and oxygen atoms in total. The molecule has 0 bridgehead atoms. The van der Waals surface area contributed by atoms with Crippen molar-refractivity contribution < 1.29 is 10.1 Å². The highest BCUT2D eigenvalue weighted by atomic mass is 16.3. The summed E-state index contributed by atoms with van der Waals surface area (Å²) in [5.41, 5.74) is 13.9. The third kappa shape index (κ3) is 4.74. The fraction of sp³-hybridized carbons (Fsp3) is 0.417. The third-order valence-corrected chi connectivity index (χ3v) is 2.46. The van der Waals surface area contributed by atoms with E-state index in [9.17, 15) is 5.11 Å². The average molecular weight is 237 g/mol. The van der Waals surface area contributed by atoms with Gasteiger partial charge in [0.25, 0.3) is 0 Å². The van der Waals surface area contributed by atoms with Crippen LogP contribution in [0.15, 0.2) is 18.2 Å². The lowest BCUT2D eigenvalue weighted by molar-refractivity contribution is -0.470. The van der Waals surface area contributed by atoms with E-state index in [0.29, 0.717) is 13.1 Å². The first-order valence-corrected chi connectivity index (χ1v) is 5.60. The molecule has 1 aromatic carbocycles. The van der Waals surface area contributed by atoms with E-state index >= 15 is 0 Å². The van der Waals surface area contributed by atoms with Crippen LogP contribution in [0, 0.1) is 13.8 Å². The zero-order valence-electron chi connectivity index (χ0n) is 10.3. The van der Waals surface area contributed by atoms with Gasteiger partial charge in [0.1, 0.15) is 6.10 Å². The number of nitrogens with two attached hydrogens (primary N) is 2. The zero-order chi connectivity index (χ0) is 12.8. The van der Waals surface area contributed by atoms with Crippen molar-refractivity contribution in [2.45, 2.75) is 20.0 Å². The largest absolute Gasteiger partial charge is 0.388 e. The highest BCUT2D eigenvalue weighted by molar-refractivity contribution is 5.69. The molecule has 94 valence electrons. The van der Waals surface area contributed by atoms with Crippen LogP contribution in [0.3, 0.4) is 0 Å². The number of aliphatic hydroxyl groups excluding tert-OH is 1. The summed E-state index contributed by atoms with van der Waals surface area (Å²) in [6.45, 7) is 4.84. The van der Waals surface area contributed by atoms with Gasteiger partial charge in [0.2, 0.25) is 0 Å². The number of anilines is 1. The van der Waals surface area contributed by atoms with E-state index in [-0.39, 0.29) is 5.96 Å². The Balaban J connectivity index is 2.49. The van der Waals surface area contributed by atoms with Gasteiger partial charge in [-0.3, -0.25) is 16.5 Å². The zero-order valence-corrected chi connectivity index (χ0v) is 10.3. The van der Waals surface area contributed by atoms with Gasteiger partial charge in [-0.25, -0.2) is 0 Å². The number of guanidine groups is 1. The van der Waals surface area contributed by atoms with Gasteiger partial charge >= 0.3 is 5.96 Å². The Morgan fingerprint density at radius 3 is 2.76 bits per heavy atom. The number of rotatable bonds is 5. The Labute approximate surface area is 102 Å². The summed E-state index contributed by atoms with van der Waals surface area (Å²) in [6, 6.07) is 6.16. The molecule has 7 N–H and O–H groups in total. The molecule has 1 rings (SSSR count). The van der Waals surface area contributed by atoms with Gasteiger partial charge in [-0.15, -0.1) is 0 Å². The predicted molar refractivity (Wildman–Crippen MR) is 69.6 cm³/mol. The van der Waals surface area contributed by atoms with Crippen LogP contribution in [0.5, 0.6) is 0 Å². The summed E-state index contributed by atoms with van der Waals surface area (Å²) in [4.78, 5) is 2.69. The Morgan fingerprint density at radius 2 is 2.12 bits per heavy atom. The second kappa shape index (κ2) is 6.10. The number of hydrogen-bond donors (Lipinski definition) is 5. The highest BCUT2D eigenvalue weighted by Crippen LogP contribution is 2.15. The van der Waals surface area contributed by atoms with E-state index in [4.69, 9.17) is 11.5 Å². The molecule has 0 amide bonds. The Morgan fingerprint density at radius 1 is 1.41 bits per heavy atom. The molecule has 0 aliphatic rings. The molecule has 0 aliphatic carbocycles. The summed E-state index contributed by atoms with van der Waals surface area (Å²) in [6.07, 6.45) is -0.544. The number of aliphatic hydroxyl groups is 1. The molecular formula is C12H21N4O+. The lowest BCUT2D eigenvalue weighted by Gasteiger charge is -2.13. The summed E-state index contributed by atoms with van der Waals surface area (Å²) < 4.78 is 0. The predicted octanol–water partition coefficient (Wildman–Crippen LogP) is -1.57. The van der Waals surface area contributed by atoms with Gasteiger partial charge in [-0.05, 0) is 31.0 Å². The highest BCUT2D eigenvalue weighted by Gasteiger charge is 2.05. The Bertz CT molecular complexity index is 399. The van der Waals surface area contributed by atoms with E-state index < -0.39 is 6.10 Å². The molecule has 0 saturated heterocycles. The summed E-state index contributed by atoms with van der Waals surface area (Å²) >= 11 is 0. The van der Waals surface area contributed by atoms with Gasteiger partial charge in [-0.2, -0.15) is 0 Å². The van der Waals surface area contributed by atoms with E-state index in [1.54, 1.807) is 0 Å². The molecule has 0 saturated carbocycles. The van der Waals surface area contributed by atoms with Gasteiger partial charge in [-0.1, -0.05) is 12.1 Å². The quantitative estimate of drug-likeness (QED) is 0.316. The van der Waals surface area contributed by atoms with Crippen molar-refractivity contribution in [2.75, 3.05) is 18.4 Å². The third-order valence-electron chi connectivity index (χ3n) is 2.46.